The maximum Gasteiger partial charge on any atom is 0.240 e. The second kappa shape index (κ2) is 6.41. The summed E-state index contributed by atoms with van der Waals surface area (Å²) in [6, 6.07) is 7.08. The van der Waals surface area contributed by atoms with E-state index in [2.05, 4.69) is 0 Å². The summed E-state index contributed by atoms with van der Waals surface area (Å²) >= 11 is 0. The van der Waals surface area contributed by atoms with Crippen LogP contribution in [-0.2, 0) is 16.0 Å². The molecule has 0 bridgehead atoms. The van der Waals surface area contributed by atoms with Crippen LogP contribution in [0.25, 0.3) is 0 Å². The van der Waals surface area contributed by atoms with Crippen LogP contribution in [-0.4, -0.2) is 29.3 Å². The number of nitrogens with zero attached hydrogens (tertiary/aromatic N) is 1. The van der Waals surface area contributed by atoms with Crippen LogP contribution in [0.1, 0.15) is 31.2 Å². The van der Waals surface area contributed by atoms with Crippen LogP contribution in [0.4, 0.5) is 5.69 Å². The highest BCUT2D eigenvalue weighted by molar-refractivity contribution is 5.87. The molecule has 1 saturated heterocycles. The van der Waals surface area contributed by atoms with Gasteiger partial charge in [-0.1, -0.05) is 18.2 Å². The van der Waals surface area contributed by atoms with Gasteiger partial charge in [0.15, 0.2) is 0 Å². The normalized spacial score (nSPS) is 18.8. The molecule has 0 aliphatic carbocycles. The number of nitrogens with two attached hydrogens (primary N) is 2. The minimum Gasteiger partial charge on any atom is -0.399 e. The molecular formula is C15H21N3O2. The molecular weight excluding hydrogens is 254 g/mol. The third-order valence-electron chi connectivity index (χ3n) is 3.81. The molecule has 0 saturated carbocycles. The van der Waals surface area contributed by atoms with Crippen LogP contribution in [0.15, 0.2) is 24.3 Å². The molecule has 20 heavy (non-hydrogen) atoms. The number of piperidine rings is 1. The first-order valence-electron chi connectivity index (χ1n) is 7.02. The van der Waals surface area contributed by atoms with E-state index < -0.39 is 11.9 Å². The first-order chi connectivity index (χ1) is 9.59. The van der Waals surface area contributed by atoms with Crippen molar-refractivity contribution in [2.75, 3.05) is 12.3 Å². The monoisotopic (exact) mass is 275 g/mol. The summed E-state index contributed by atoms with van der Waals surface area (Å²) in [5.74, 6) is -0.422. The van der Waals surface area contributed by atoms with Crippen LogP contribution >= 0.6 is 0 Å². The molecule has 2 rings (SSSR count). The number of aryl methyl sites for hydroxylation is 1. The molecule has 5 nitrogen and oxygen atoms in total. The Morgan fingerprint density at radius 3 is 2.70 bits per heavy atom. The maximum atomic E-state index is 12.3. The molecule has 1 heterocycles. The van der Waals surface area contributed by atoms with Crippen LogP contribution in [0.2, 0.25) is 0 Å². The molecule has 0 aromatic heterocycles. The van der Waals surface area contributed by atoms with Gasteiger partial charge in [0, 0.05) is 18.7 Å². The molecule has 1 atom stereocenters. The summed E-state index contributed by atoms with van der Waals surface area (Å²) < 4.78 is 0. The molecule has 0 spiro atoms. The second-order valence-electron chi connectivity index (χ2n) is 5.20. The lowest BCUT2D eigenvalue weighted by atomic mass is 10.00. The van der Waals surface area contributed by atoms with Crippen molar-refractivity contribution in [1.82, 2.24) is 4.90 Å². The lowest BCUT2D eigenvalue weighted by molar-refractivity contribution is -0.141. The number of anilines is 1. The number of likely N-dealkylation sites (tertiary alicyclic amines) is 1. The van der Waals surface area contributed by atoms with Gasteiger partial charge < -0.3 is 16.4 Å². The molecule has 4 N–H and O–H groups in total. The molecule has 1 fully saturated rings. The topological polar surface area (TPSA) is 89.4 Å². The predicted molar refractivity (Wildman–Crippen MR) is 77.7 cm³/mol. The third-order valence-corrected chi connectivity index (χ3v) is 3.81. The van der Waals surface area contributed by atoms with E-state index >= 15 is 0 Å². The number of para-hydroxylation sites is 1. The van der Waals surface area contributed by atoms with Gasteiger partial charge in [0.2, 0.25) is 11.8 Å². The van der Waals surface area contributed by atoms with E-state index in [1.54, 1.807) is 4.90 Å². The number of benzene rings is 1. The molecule has 108 valence electrons. The highest BCUT2D eigenvalue weighted by Gasteiger charge is 2.30. The molecule has 1 aliphatic heterocycles. The fourth-order valence-corrected chi connectivity index (χ4v) is 2.67. The Hall–Kier alpha value is -2.04. The lowest BCUT2D eigenvalue weighted by Crippen LogP contribution is -2.50. The largest absolute Gasteiger partial charge is 0.399 e. The molecule has 1 aliphatic rings. The number of hydrogen-bond acceptors (Lipinski definition) is 3. The Labute approximate surface area is 118 Å². The summed E-state index contributed by atoms with van der Waals surface area (Å²) in [5.41, 5.74) is 12.9. The van der Waals surface area contributed by atoms with E-state index in [0.29, 0.717) is 31.5 Å². The minimum absolute atomic E-state index is 0.0169. The van der Waals surface area contributed by atoms with Crippen LogP contribution in [0.5, 0.6) is 0 Å². The summed E-state index contributed by atoms with van der Waals surface area (Å²) in [5, 5.41) is 0. The minimum atomic E-state index is -0.440. The summed E-state index contributed by atoms with van der Waals surface area (Å²) in [6.45, 7) is 0.622. The molecule has 1 aromatic carbocycles. The van der Waals surface area contributed by atoms with Crippen molar-refractivity contribution in [2.45, 2.75) is 38.1 Å². The van der Waals surface area contributed by atoms with Crippen molar-refractivity contribution in [3.63, 3.8) is 0 Å². The molecule has 1 unspecified atom stereocenters. The maximum absolute atomic E-state index is 12.3. The highest BCUT2D eigenvalue weighted by atomic mass is 16.2. The van der Waals surface area contributed by atoms with Crippen molar-refractivity contribution in [3.8, 4) is 0 Å². The smallest absolute Gasteiger partial charge is 0.240 e. The van der Waals surface area contributed by atoms with Gasteiger partial charge in [-0.15, -0.1) is 0 Å². The van der Waals surface area contributed by atoms with Crippen molar-refractivity contribution in [3.05, 3.63) is 29.8 Å². The second-order valence-corrected chi connectivity index (χ2v) is 5.20. The van der Waals surface area contributed by atoms with Crippen molar-refractivity contribution >= 4 is 17.5 Å². The van der Waals surface area contributed by atoms with E-state index in [4.69, 9.17) is 11.5 Å². The Morgan fingerprint density at radius 1 is 1.25 bits per heavy atom. The van der Waals surface area contributed by atoms with E-state index in [1.165, 1.54) is 0 Å². The Kier molecular flexibility index (Phi) is 4.61. The Morgan fingerprint density at radius 2 is 2.00 bits per heavy atom. The fourth-order valence-electron chi connectivity index (χ4n) is 2.67. The number of amides is 2. The zero-order chi connectivity index (χ0) is 14.5. The summed E-state index contributed by atoms with van der Waals surface area (Å²) in [4.78, 5) is 25.3. The summed E-state index contributed by atoms with van der Waals surface area (Å²) in [7, 11) is 0. The first-order valence-corrected chi connectivity index (χ1v) is 7.02. The van der Waals surface area contributed by atoms with Crippen LogP contribution in [0.3, 0.4) is 0 Å². The average molecular weight is 275 g/mol. The van der Waals surface area contributed by atoms with Crippen molar-refractivity contribution < 1.29 is 9.59 Å². The average Bonchev–Trinajstić information content (AvgIpc) is 2.46. The zero-order valence-corrected chi connectivity index (χ0v) is 11.5. The summed E-state index contributed by atoms with van der Waals surface area (Å²) in [6.07, 6.45) is 3.51. The molecule has 2 amide bonds. The zero-order valence-electron chi connectivity index (χ0n) is 11.5. The van der Waals surface area contributed by atoms with Crippen molar-refractivity contribution in [2.24, 2.45) is 5.73 Å². The van der Waals surface area contributed by atoms with Gasteiger partial charge in [-0.2, -0.15) is 0 Å². The fraction of sp³-hybridized carbons (Fsp3) is 0.467. The van der Waals surface area contributed by atoms with Gasteiger partial charge in [0.05, 0.1) is 0 Å². The van der Waals surface area contributed by atoms with Gasteiger partial charge in [-0.05, 0) is 37.3 Å². The van der Waals surface area contributed by atoms with Crippen LogP contribution < -0.4 is 11.5 Å². The van der Waals surface area contributed by atoms with E-state index in [-0.39, 0.29) is 5.91 Å². The van der Waals surface area contributed by atoms with E-state index in [0.717, 1.165) is 18.4 Å². The molecule has 1 aromatic rings. The van der Waals surface area contributed by atoms with Gasteiger partial charge in [-0.25, -0.2) is 0 Å². The Bertz CT molecular complexity index is 502. The molecule has 5 heteroatoms. The number of hydrogen-bond donors (Lipinski definition) is 2. The SMILES string of the molecule is NC(=O)C1CCCCN1C(=O)CCc1ccccc1N. The number of rotatable bonds is 4. The quantitative estimate of drug-likeness (QED) is 0.805. The first kappa shape index (κ1) is 14.4. The lowest BCUT2D eigenvalue weighted by Gasteiger charge is -2.33. The van der Waals surface area contributed by atoms with E-state index in [1.807, 2.05) is 24.3 Å². The third kappa shape index (κ3) is 3.29. The van der Waals surface area contributed by atoms with Crippen LogP contribution in [0, 0.1) is 0 Å². The van der Waals surface area contributed by atoms with Gasteiger partial charge >= 0.3 is 0 Å². The number of carbonyl (C=O) groups is 2. The van der Waals surface area contributed by atoms with Crippen molar-refractivity contribution in [1.29, 1.82) is 0 Å². The van der Waals surface area contributed by atoms with Gasteiger partial charge in [0.25, 0.3) is 0 Å². The highest BCUT2D eigenvalue weighted by Crippen LogP contribution is 2.19. The number of carbonyl (C=O) groups excluding carboxylic acids is 2. The van der Waals surface area contributed by atoms with Gasteiger partial charge in [-0.3, -0.25) is 9.59 Å². The number of primary amides is 1. The number of nitrogen functional groups attached to an aromatic ring is 1. The van der Waals surface area contributed by atoms with Gasteiger partial charge in [0.1, 0.15) is 6.04 Å². The Balaban J connectivity index is 1.97. The molecule has 0 radical (unpaired) electrons. The predicted octanol–water partition coefficient (Wildman–Crippen LogP) is 1.07. The standard InChI is InChI=1S/C15H21N3O2/c16-12-6-2-1-5-11(12)8-9-14(19)18-10-4-3-7-13(18)15(17)20/h1-2,5-6,13H,3-4,7-10,16H2,(H2,17,20). The van der Waals surface area contributed by atoms with E-state index in [9.17, 15) is 9.59 Å².